The van der Waals surface area contributed by atoms with Gasteiger partial charge in [0, 0.05) is 18.1 Å². The summed E-state index contributed by atoms with van der Waals surface area (Å²) in [6, 6.07) is 11.9. The SMILES string of the molecule is CCCCNC(=O)C(CC)N(Cc1cccc(OC)c1)C(=O)COc1ccc(Cl)cc1Br. The van der Waals surface area contributed by atoms with Crippen LogP contribution in [0, 0.1) is 0 Å². The third-order valence-corrected chi connectivity index (χ3v) is 5.80. The van der Waals surface area contributed by atoms with E-state index in [1.54, 1.807) is 30.2 Å². The van der Waals surface area contributed by atoms with E-state index in [1.807, 2.05) is 31.2 Å². The van der Waals surface area contributed by atoms with E-state index in [9.17, 15) is 9.59 Å². The van der Waals surface area contributed by atoms with E-state index in [4.69, 9.17) is 21.1 Å². The van der Waals surface area contributed by atoms with E-state index in [2.05, 4.69) is 28.2 Å². The summed E-state index contributed by atoms with van der Waals surface area (Å²) in [7, 11) is 1.59. The number of amides is 2. The van der Waals surface area contributed by atoms with Gasteiger partial charge in [0.1, 0.15) is 17.5 Å². The van der Waals surface area contributed by atoms with Gasteiger partial charge in [-0.25, -0.2) is 0 Å². The Morgan fingerprint density at radius 1 is 1.19 bits per heavy atom. The number of halogens is 2. The zero-order valence-corrected chi connectivity index (χ0v) is 21.0. The van der Waals surface area contributed by atoms with Gasteiger partial charge >= 0.3 is 0 Å². The van der Waals surface area contributed by atoms with Crippen molar-refractivity contribution in [1.82, 2.24) is 10.2 Å². The van der Waals surface area contributed by atoms with Crippen LogP contribution in [0.4, 0.5) is 0 Å². The maximum atomic E-state index is 13.2. The van der Waals surface area contributed by atoms with Gasteiger partial charge in [0.25, 0.3) is 5.91 Å². The van der Waals surface area contributed by atoms with Crippen LogP contribution < -0.4 is 14.8 Å². The summed E-state index contributed by atoms with van der Waals surface area (Å²) in [5.41, 5.74) is 0.866. The minimum absolute atomic E-state index is 0.162. The Kier molecular flexibility index (Phi) is 10.8. The predicted molar refractivity (Wildman–Crippen MR) is 130 cm³/mol. The summed E-state index contributed by atoms with van der Waals surface area (Å²) in [6.07, 6.45) is 2.35. The minimum Gasteiger partial charge on any atom is -0.497 e. The van der Waals surface area contributed by atoms with Gasteiger partial charge in [0.15, 0.2) is 6.61 Å². The van der Waals surface area contributed by atoms with E-state index in [0.29, 0.717) is 34.0 Å². The van der Waals surface area contributed by atoms with Gasteiger partial charge in [-0.05, 0) is 64.7 Å². The summed E-state index contributed by atoms with van der Waals surface area (Å²) in [5.74, 6) is 0.748. The number of benzene rings is 2. The number of hydrogen-bond donors (Lipinski definition) is 1. The van der Waals surface area contributed by atoms with Crippen LogP contribution in [-0.4, -0.2) is 43.0 Å². The number of methoxy groups -OCH3 is 1. The minimum atomic E-state index is -0.609. The predicted octanol–water partition coefficient (Wildman–Crippen LogP) is 5.21. The smallest absolute Gasteiger partial charge is 0.261 e. The van der Waals surface area contributed by atoms with Crippen LogP contribution in [-0.2, 0) is 16.1 Å². The Balaban J connectivity index is 2.22. The third-order valence-electron chi connectivity index (χ3n) is 4.95. The van der Waals surface area contributed by atoms with Gasteiger partial charge in [0.05, 0.1) is 11.6 Å². The van der Waals surface area contributed by atoms with Crippen molar-refractivity contribution in [2.24, 2.45) is 0 Å². The molecule has 0 heterocycles. The first-order valence-electron chi connectivity index (χ1n) is 10.7. The number of nitrogens with one attached hydrogen (secondary N) is 1. The molecule has 6 nitrogen and oxygen atoms in total. The molecule has 2 rings (SSSR count). The molecule has 0 saturated carbocycles. The first kappa shape index (κ1) is 26.0. The summed E-state index contributed by atoms with van der Waals surface area (Å²) in [5, 5.41) is 3.51. The van der Waals surface area contributed by atoms with Gasteiger partial charge in [0.2, 0.25) is 5.91 Å². The first-order chi connectivity index (χ1) is 15.4. The molecule has 1 unspecified atom stereocenters. The highest BCUT2D eigenvalue weighted by Gasteiger charge is 2.29. The van der Waals surface area contributed by atoms with E-state index >= 15 is 0 Å². The number of rotatable bonds is 12. The Labute approximate surface area is 203 Å². The number of nitrogens with zero attached hydrogens (tertiary/aromatic N) is 1. The highest BCUT2D eigenvalue weighted by molar-refractivity contribution is 9.10. The van der Waals surface area contributed by atoms with Crippen molar-refractivity contribution in [1.29, 1.82) is 0 Å². The molecule has 8 heteroatoms. The van der Waals surface area contributed by atoms with Gasteiger partial charge < -0.3 is 19.7 Å². The molecular formula is C24H30BrClN2O4. The summed E-state index contributed by atoms with van der Waals surface area (Å²) in [4.78, 5) is 27.7. The molecule has 0 aliphatic carbocycles. The second-order valence-electron chi connectivity index (χ2n) is 7.31. The van der Waals surface area contributed by atoms with E-state index in [1.165, 1.54) is 0 Å². The van der Waals surface area contributed by atoms with Crippen molar-refractivity contribution in [3.63, 3.8) is 0 Å². The highest BCUT2D eigenvalue weighted by atomic mass is 79.9. The summed E-state index contributed by atoms with van der Waals surface area (Å²) >= 11 is 9.37. The van der Waals surface area contributed by atoms with E-state index < -0.39 is 6.04 Å². The standard InChI is InChI=1S/C24H30BrClN2O4/c1-4-6-12-27-24(30)21(5-2)28(15-17-8-7-9-19(13-17)31-3)23(29)16-32-22-11-10-18(26)14-20(22)25/h7-11,13-14,21H,4-6,12,15-16H2,1-3H3,(H,27,30). The van der Waals surface area contributed by atoms with Crippen molar-refractivity contribution in [3.8, 4) is 11.5 Å². The van der Waals surface area contributed by atoms with Crippen molar-refractivity contribution in [2.75, 3.05) is 20.3 Å². The fourth-order valence-corrected chi connectivity index (χ4v) is 4.01. The third kappa shape index (κ3) is 7.71. The van der Waals surface area contributed by atoms with Gasteiger partial charge in [-0.2, -0.15) is 0 Å². The van der Waals surface area contributed by atoms with Crippen molar-refractivity contribution < 1.29 is 19.1 Å². The Morgan fingerprint density at radius 2 is 1.97 bits per heavy atom. The monoisotopic (exact) mass is 524 g/mol. The van der Waals surface area contributed by atoms with Crippen molar-refractivity contribution in [3.05, 3.63) is 57.5 Å². The average molecular weight is 526 g/mol. The molecule has 0 radical (unpaired) electrons. The van der Waals surface area contributed by atoms with Crippen LogP contribution in [0.15, 0.2) is 46.9 Å². The Bertz CT molecular complexity index is 909. The molecule has 1 atom stereocenters. The quantitative estimate of drug-likeness (QED) is 0.386. The topological polar surface area (TPSA) is 67.9 Å². The molecular weight excluding hydrogens is 496 g/mol. The van der Waals surface area contributed by atoms with Crippen LogP contribution in [0.1, 0.15) is 38.7 Å². The van der Waals surface area contributed by atoms with E-state index in [0.717, 1.165) is 18.4 Å². The zero-order chi connectivity index (χ0) is 23.5. The second-order valence-corrected chi connectivity index (χ2v) is 8.60. The Hall–Kier alpha value is -2.25. The maximum Gasteiger partial charge on any atom is 0.261 e. The normalized spacial score (nSPS) is 11.5. The molecule has 1 N–H and O–H groups in total. The molecule has 0 aliphatic heterocycles. The first-order valence-corrected chi connectivity index (χ1v) is 11.8. The molecule has 0 saturated heterocycles. The van der Waals surface area contributed by atoms with Crippen LogP contribution in [0.2, 0.25) is 5.02 Å². The Morgan fingerprint density at radius 3 is 2.62 bits per heavy atom. The lowest BCUT2D eigenvalue weighted by Gasteiger charge is -2.30. The molecule has 2 aromatic rings. The number of carbonyl (C=O) groups excluding carboxylic acids is 2. The molecule has 0 spiro atoms. The maximum absolute atomic E-state index is 13.2. The largest absolute Gasteiger partial charge is 0.497 e. The van der Waals surface area contributed by atoms with Crippen LogP contribution in [0.5, 0.6) is 11.5 Å². The molecule has 174 valence electrons. The molecule has 2 amide bonds. The van der Waals surface area contributed by atoms with Crippen LogP contribution in [0.3, 0.4) is 0 Å². The van der Waals surface area contributed by atoms with Crippen LogP contribution in [0.25, 0.3) is 0 Å². The second kappa shape index (κ2) is 13.3. The summed E-state index contributed by atoms with van der Waals surface area (Å²) in [6.45, 7) is 4.60. The van der Waals surface area contributed by atoms with Crippen molar-refractivity contribution >= 4 is 39.3 Å². The van der Waals surface area contributed by atoms with Gasteiger partial charge in [-0.1, -0.05) is 44.0 Å². The van der Waals surface area contributed by atoms with Crippen molar-refractivity contribution in [2.45, 2.75) is 45.7 Å². The zero-order valence-electron chi connectivity index (χ0n) is 18.7. The fourth-order valence-electron chi connectivity index (χ4n) is 3.21. The lowest BCUT2D eigenvalue weighted by atomic mass is 10.1. The van der Waals surface area contributed by atoms with Crippen LogP contribution >= 0.6 is 27.5 Å². The highest BCUT2D eigenvalue weighted by Crippen LogP contribution is 2.28. The van der Waals surface area contributed by atoms with Gasteiger partial charge in [-0.15, -0.1) is 0 Å². The molecule has 0 aromatic heterocycles. The lowest BCUT2D eigenvalue weighted by molar-refractivity contribution is -0.143. The molecule has 0 aliphatic rings. The summed E-state index contributed by atoms with van der Waals surface area (Å²) < 4.78 is 11.7. The fraction of sp³-hybridized carbons (Fsp3) is 0.417. The molecule has 2 aromatic carbocycles. The molecule has 0 fully saturated rings. The molecule has 0 bridgehead atoms. The number of unbranched alkanes of at least 4 members (excludes halogenated alkanes) is 1. The van der Waals surface area contributed by atoms with Gasteiger partial charge in [-0.3, -0.25) is 9.59 Å². The number of hydrogen-bond acceptors (Lipinski definition) is 4. The molecule has 32 heavy (non-hydrogen) atoms. The lowest BCUT2D eigenvalue weighted by Crippen LogP contribution is -2.50. The number of ether oxygens (including phenoxy) is 2. The number of carbonyl (C=O) groups is 2. The average Bonchev–Trinajstić information content (AvgIpc) is 2.78. The van der Waals surface area contributed by atoms with E-state index in [-0.39, 0.29) is 25.0 Å².